The van der Waals surface area contributed by atoms with Crippen LogP contribution in [-0.2, 0) is 0 Å². The maximum atomic E-state index is 13.6. The van der Waals surface area contributed by atoms with E-state index in [0.29, 0.717) is 17.4 Å². The van der Waals surface area contributed by atoms with Gasteiger partial charge in [0.2, 0.25) is 0 Å². The molecule has 0 saturated heterocycles. The van der Waals surface area contributed by atoms with Crippen LogP contribution in [0.5, 0.6) is 0 Å². The Balaban J connectivity index is 2.45. The van der Waals surface area contributed by atoms with Crippen LogP contribution in [0.1, 0.15) is 38.2 Å². The van der Waals surface area contributed by atoms with E-state index >= 15 is 0 Å². The van der Waals surface area contributed by atoms with Crippen molar-refractivity contribution in [3.8, 4) is 0 Å². The Kier molecular flexibility index (Phi) is 3.61. The Labute approximate surface area is 112 Å². The number of amidine groups is 1. The molecule has 1 aromatic rings. The quantitative estimate of drug-likeness (QED) is 0.256. The van der Waals surface area contributed by atoms with Gasteiger partial charge in [-0.1, -0.05) is 13.8 Å². The topological polar surface area (TPSA) is 93.7 Å². The number of hydrazine groups is 1. The van der Waals surface area contributed by atoms with Gasteiger partial charge in [0.25, 0.3) is 0 Å². The number of anilines is 2. The maximum Gasteiger partial charge on any atom is 0.146 e. The molecule has 0 aromatic heterocycles. The van der Waals surface area contributed by atoms with Crippen LogP contribution >= 0.6 is 0 Å². The summed E-state index contributed by atoms with van der Waals surface area (Å²) < 4.78 is 13.6. The number of hydrogen-bond donors (Lipinski definition) is 3. The zero-order valence-corrected chi connectivity index (χ0v) is 11.2. The number of nitrogens with two attached hydrogens (primary N) is 3. The Morgan fingerprint density at radius 1 is 1.42 bits per heavy atom. The van der Waals surface area contributed by atoms with E-state index in [9.17, 15) is 4.39 Å². The van der Waals surface area contributed by atoms with E-state index in [1.807, 2.05) is 13.8 Å². The SMILES string of the molecule is CC(C)/C(=N/N)N(N)c1cc(N)c(F)cc1C1CC1. The standard InChI is InChI=1S/C13H20FN5/c1-7(2)13(18-16)19(17)12-6-11(15)10(14)5-9(12)8-3-4-8/h5-8H,3-4,15-17H2,1-2H3/b18-13-. The summed E-state index contributed by atoms with van der Waals surface area (Å²) >= 11 is 0. The van der Waals surface area contributed by atoms with Crippen molar-refractivity contribution >= 4 is 17.2 Å². The van der Waals surface area contributed by atoms with Crippen LogP contribution in [0, 0.1) is 11.7 Å². The van der Waals surface area contributed by atoms with E-state index < -0.39 is 5.82 Å². The number of halogens is 1. The summed E-state index contributed by atoms with van der Waals surface area (Å²) in [5.41, 5.74) is 7.27. The van der Waals surface area contributed by atoms with E-state index in [2.05, 4.69) is 5.10 Å². The fourth-order valence-electron chi connectivity index (χ4n) is 2.14. The highest BCUT2D eigenvalue weighted by molar-refractivity contribution is 5.99. The number of hydrogen-bond acceptors (Lipinski definition) is 4. The van der Waals surface area contributed by atoms with Gasteiger partial charge in [-0.15, -0.1) is 0 Å². The third-order valence-corrected chi connectivity index (χ3v) is 3.32. The van der Waals surface area contributed by atoms with Crippen molar-refractivity contribution in [2.45, 2.75) is 32.6 Å². The van der Waals surface area contributed by atoms with Gasteiger partial charge >= 0.3 is 0 Å². The van der Waals surface area contributed by atoms with Gasteiger partial charge in [-0.3, -0.25) is 5.01 Å². The lowest BCUT2D eigenvalue weighted by molar-refractivity contribution is 0.630. The first kappa shape index (κ1) is 13.6. The number of benzene rings is 1. The molecule has 0 heterocycles. The maximum absolute atomic E-state index is 13.6. The zero-order chi connectivity index (χ0) is 14.2. The predicted molar refractivity (Wildman–Crippen MR) is 75.9 cm³/mol. The lowest BCUT2D eigenvalue weighted by atomic mass is 10.1. The number of nitrogens with zero attached hydrogens (tertiary/aromatic N) is 2. The molecule has 6 N–H and O–H groups in total. The number of rotatable bonds is 3. The molecule has 0 atom stereocenters. The molecule has 0 radical (unpaired) electrons. The van der Waals surface area contributed by atoms with Crippen molar-refractivity contribution in [1.82, 2.24) is 0 Å². The van der Waals surface area contributed by atoms with Gasteiger partial charge < -0.3 is 11.6 Å². The summed E-state index contributed by atoms with van der Waals surface area (Å²) in [6.07, 6.45) is 2.09. The van der Waals surface area contributed by atoms with Crippen molar-refractivity contribution < 1.29 is 4.39 Å². The second kappa shape index (κ2) is 5.05. The molecule has 2 rings (SSSR count). The van der Waals surface area contributed by atoms with E-state index in [1.54, 1.807) is 6.07 Å². The minimum atomic E-state index is -0.408. The van der Waals surface area contributed by atoms with Crippen molar-refractivity contribution in [1.29, 1.82) is 0 Å². The van der Waals surface area contributed by atoms with E-state index in [-0.39, 0.29) is 11.6 Å². The van der Waals surface area contributed by atoms with E-state index in [1.165, 1.54) is 11.1 Å². The van der Waals surface area contributed by atoms with Gasteiger partial charge in [-0.05, 0) is 36.5 Å². The third-order valence-electron chi connectivity index (χ3n) is 3.32. The molecule has 1 aliphatic rings. The Morgan fingerprint density at radius 3 is 2.53 bits per heavy atom. The molecule has 1 aliphatic carbocycles. The molecule has 0 bridgehead atoms. The summed E-state index contributed by atoms with van der Waals surface area (Å²) in [6.45, 7) is 3.88. The van der Waals surface area contributed by atoms with Crippen molar-refractivity contribution in [3.05, 3.63) is 23.5 Å². The molecule has 0 amide bonds. The van der Waals surface area contributed by atoms with Crippen LogP contribution in [0.25, 0.3) is 0 Å². The molecule has 104 valence electrons. The van der Waals surface area contributed by atoms with Gasteiger partial charge in [0.15, 0.2) is 0 Å². The average molecular weight is 265 g/mol. The highest BCUT2D eigenvalue weighted by Gasteiger charge is 2.29. The first-order valence-electron chi connectivity index (χ1n) is 6.37. The summed E-state index contributed by atoms with van der Waals surface area (Å²) in [6, 6.07) is 3.02. The van der Waals surface area contributed by atoms with Crippen molar-refractivity contribution in [3.63, 3.8) is 0 Å². The van der Waals surface area contributed by atoms with Crippen LogP contribution in [-0.4, -0.2) is 5.84 Å². The minimum absolute atomic E-state index is 0.0633. The second-order valence-corrected chi connectivity index (χ2v) is 5.22. The Hall–Kier alpha value is -1.82. The summed E-state index contributed by atoms with van der Waals surface area (Å²) in [5.74, 6) is 12.0. The first-order chi connectivity index (χ1) is 8.95. The van der Waals surface area contributed by atoms with E-state index in [4.69, 9.17) is 17.4 Å². The summed E-state index contributed by atoms with van der Waals surface area (Å²) in [4.78, 5) is 0. The molecule has 1 aromatic carbocycles. The molecule has 5 nitrogen and oxygen atoms in total. The lowest BCUT2D eigenvalue weighted by Crippen LogP contribution is -2.41. The van der Waals surface area contributed by atoms with Gasteiger partial charge in [0.05, 0.1) is 11.4 Å². The van der Waals surface area contributed by atoms with Crippen LogP contribution in [0.15, 0.2) is 17.2 Å². The Bertz CT molecular complexity index is 508. The van der Waals surface area contributed by atoms with Crippen LogP contribution in [0.2, 0.25) is 0 Å². The average Bonchev–Trinajstić information content (AvgIpc) is 3.16. The fourth-order valence-corrected chi connectivity index (χ4v) is 2.14. The van der Waals surface area contributed by atoms with Crippen molar-refractivity contribution in [2.75, 3.05) is 10.7 Å². The molecule has 6 heteroatoms. The first-order valence-corrected chi connectivity index (χ1v) is 6.37. The molecule has 0 unspecified atom stereocenters. The predicted octanol–water partition coefficient (Wildman–Crippen LogP) is 1.89. The molecule has 1 saturated carbocycles. The minimum Gasteiger partial charge on any atom is -0.396 e. The monoisotopic (exact) mass is 265 g/mol. The smallest absolute Gasteiger partial charge is 0.146 e. The molecule has 0 aliphatic heterocycles. The lowest BCUT2D eigenvalue weighted by Gasteiger charge is -2.25. The number of hydrazone groups is 1. The fraction of sp³-hybridized carbons (Fsp3) is 0.462. The molecular formula is C13H20FN5. The summed E-state index contributed by atoms with van der Waals surface area (Å²) in [5, 5.41) is 5.13. The largest absolute Gasteiger partial charge is 0.396 e. The summed E-state index contributed by atoms with van der Waals surface area (Å²) in [7, 11) is 0. The van der Waals surface area contributed by atoms with Crippen LogP contribution < -0.4 is 22.4 Å². The molecule has 19 heavy (non-hydrogen) atoms. The van der Waals surface area contributed by atoms with E-state index in [0.717, 1.165) is 18.4 Å². The Morgan fingerprint density at radius 2 is 2.05 bits per heavy atom. The highest BCUT2D eigenvalue weighted by atomic mass is 19.1. The molecular weight excluding hydrogens is 245 g/mol. The van der Waals surface area contributed by atoms with Gasteiger partial charge in [0, 0.05) is 5.92 Å². The van der Waals surface area contributed by atoms with Gasteiger partial charge in [0.1, 0.15) is 11.7 Å². The van der Waals surface area contributed by atoms with Crippen LogP contribution in [0.3, 0.4) is 0 Å². The third kappa shape index (κ3) is 2.63. The molecule has 0 spiro atoms. The van der Waals surface area contributed by atoms with Gasteiger partial charge in [-0.2, -0.15) is 5.10 Å². The van der Waals surface area contributed by atoms with Crippen molar-refractivity contribution in [2.24, 2.45) is 22.7 Å². The highest BCUT2D eigenvalue weighted by Crippen LogP contribution is 2.45. The number of nitrogen functional groups attached to an aromatic ring is 1. The molecule has 1 fully saturated rings. The van der Waals surface area contributed by atoms with Gasteiger partial charge in [-0.25, -0.2) is 10.2 Å². The normalized spacial score (nSPS) is 15.9. The zero-order valence-electron chi connectivity index (χ0n) is 11.2. The second-order valence-electron chi connectivity index (χ2n) is 5.22. The van der Waals surface area contributed by atoms with Crippen LogP contribution in [0.4, 0.5) is 15.8 Å².